The molecule has 0 spiro atoms. The van der Waals surface area contributed by atoms with Crippen LogP contribution in [0.5, 0.6) is 11.5 Å². The molecular weight excluding hydrogens is 524 g/mol. The zero-order valence-electron chi connectivity index (χ0n) is 22.9. The summed E-state index contributed by atoms with van der Waals surface area (Å²) in [7, 11) is 0.639. The smallest absolute Gasteiger partial charge is 0.243 e. The summed E-state index contributed by atoms with van der Waals surface area (Å²) in [6, 6.07) is 6.95. The summed E-state index contributed by atoms with van der Waals surface area (Å²) in [4.78, 5) is 8.65. The zero-order valence-corrected chi connectivity index (χ0v) is 23.7. The van der Waals surface area contributed by atoms with Crippen LogP contribution in [0.2, 0.25) is 0 Å². The van der Waals surface area contributed by atoms with Gasteiger partial charge in [-0.2, -0.15) is 5.10 Å². The molecule has 1 N–H and O–H groups in total. The Morgan fingerprint density at radius 3 is 2.15 bits per heavy atom. The van der Waals surface area contributed by atoms with Crippen molar-refractivity contribution in [3.8, 4) is 28.7 Å². The molecule has 0 unspecified atom stereocenters. The summed E-state index contributed by atoms with van der Waals surface area (Å²) in [5.74, 6) is 1.27. The molecule has 0 aliphatic heterocycles. The van der Waals surface area contributed by atoms with Gasteiger partial charge in [-0.15, -0.1) is 10.2 Å². The number of aromatic nitrogens is 7. The van der Waals surface area contributed by atoms with Crippen molar-refractivity contribution in [2.45, 2.75) is 45.2 Å². The first-order valence-electron chi connectivity index (χ1n) is 12.2. The van der Waals surface area contributed by atoms with Gasteiger partial charge in [-0.3, -0.25) is 14.0 Å². The molecule has 3 aromatic heterocycles. The van der Waals surface area contributed by atoms with Crippen molar-refractivity contribution >= 4 is 16.0 Å². The van der Waals surface area contributed by atoms with Gasteiger partial charge in [0.05, 0.1) is 20.3 Å². The van der Waals surface area contributed by atoms with Gasteiger partial charge in [0, 0.05) is 25.6 Å². The van der Waals surface area contributed by atoms with Gasteiger partial charge in [0.15, 0.2) is 11.6 Å². The van der Waals surface area contributed by atoms with E-state index in [0.717, 1.165) is 5.56 Å². The van der Waals surface area contributed by atoms with Gasteiger partial charge in [-0.25, -0.2) is 18.4 Å². The molecule has 4 aromatic rings. The number of hydrogen-bond acceptors (Lipinski definition) is 10. The zero-order chi connectivity index (χ0) is 28.3. The summed E-state index contributed by atoms with van der Waals surface area (Å²) in [6.07, 6.45) is 3.76. The fraction of sp³-hybridized carbons (Fsp3) is 0.400. The predicted octanol–water partition coefficient (Wildman–Crippen LogP) is 3.08. The number of aryl methyl sites for hydroxylation is 2. The summed E-state index contributed by atoms with van der Waals surface area (Å²) in [6.45, 7) is 7.01. The number of anilines is 1. The number of methoxy groups -OCH3 is 2. The Morgan fingerprint density at radius 1 is 0.974 bits per heavy atom. The monoisotopic (exact) mass is 556 g/mol. The topological polar surface area (TPSA) is 148 Å². The highest BCUT2D eigenvalue weighted by Gasteiger charge is 2.36. The number of rotatable bonds is 11. The largest absolute Gasteiger partial charge is 0.494 e. The number of ether oxygens (including phenoxy) is 3. The summed E-state index contributed by atoms with van der Waals surface area (Å²) in [5, 5.41) is 11.8. The molecule has 39 heavy (non-hydrogen) atoms. The second-order valence-corrected chi connectivity index (χ2v) is 11.2. The van der Waals surface area contributed by atoms with E-state index in [2.05, 4.69) is 30.0 Å². The second kappa shape index (κ2) is 11.4. The molecule has 13 nitrogen and oxygen atoms in total. The van der Waals surface area contributed by atoms with Crippen LogP contribution in [0, 0.1) is 6.92 Å². The Morgan fingerprint density at radius 2 is 1.62 bits per heavy atom. The molecule has 0 aliphatic carbocycles. The maximum absolute atomic E-state index is 13.8. The molecule has 0 saturated carbocycles. The molecule has 0 aliphatic rings. The third-order valence-corrected chi connectivity index (χ3v) is 7.55. The summed E-state index contributed by atoms with van der Waals surface area (Å²) in [5.41, 5.74) is 1.71. The Hall–Kier alpha value is -4.04. The number of sulfonamides is 1. The Labute approximate surface area is 227 Å². The van der Waals surface area contributed by atoms with Crippen LogP contribution < -0.4 is 14.2 Å². The van der Waals surface area contributed by atoms with Gasteiger partial charge in [0.1, 0.15) is 34.2 Å². The average Bonchev–Trinajstić information content (AvgIpc) is 3.52. The van der Waals surface area contributed by atoms with E-state index in [0.29, 0.717) is 22.9 Å². The van der Waals surface area contributed by atoms with Crippen molar-refractivity contribution in [2.75, 3.05) is 18.9 Å². The molecule has 0 fully saturated rings. The maximum Gasteiger partial charge on any atom is 0.243 e. The number of para-hydroxylation sites is 1. The van der Waals surface area contributed by atoms with Gasteiger partial charge in [0.2, 0.25) is 16.0 Å². The lowest BCUT2D eigenvalue weighted by molar-refractivity contribution is 0.00152. The fourth-order valence-electron chi connectivity index (χ4n) is 3.92. The molecule has 208 valence electrons. The predicted molar refractivity (Wildman–Crippen MR) is 144 cm³/mol. The Bertz CT molecular complexity index is 1510. The summed E-state index contributed by atoms with van der Waals surface area (Å²) < 4.78 is 50.5. The van der Waals surface area contributed by atoms with Crippen LogP contribution in [-0.4, -0.2) is 68.5 Å². The third kappa shape index (κ3) is 5.86. The first-order chi connectivity index (χ1) is 18.6. The normalized spacial score (nSPS) is 13.3. The first kappa shape index (κ1) is 28.0. The minimum atomic E-state index is -4.14. The van der Waals surface area contributed by atoms with E-state index in [1.165, 1.54) is 25.7 Å². The first-order valence-corrected chi connectivity index (χ1v) is 13.7. The van der Waals surface area contributed by atoms with Crippen molar-refractivity contribution in [3.05, 3.63) is 54.2 Å². The Kier molecular flexibility index (Phi) is 8.16. The molecule has 2 atom stereocenters. The van der Waals surface area contributed by atoms with E-state index in [-0.39, 0.29) is 23.7 Å². The molecule has 0 radical (unpaired) electrons. The van der Waals surface area contributed by atoms with Crippen LogP contribution in [0.15, 0.2) is 42.9 Å². The van der Waals surface area contributed by atoms with Crippen molar-refractivity contribution in [2.24, 2.45) is 7.05 Å². The van der Waals surface area contributed by atoms with Crippen LogP contribution in [0.4, 0.5) is 5.95 Å². The van der Waals surface area contributed by atoms with Gasteiger partial charge >= 0.3 is 0 Å². The van der Waals surface area contributed by atoms with Crippen LogP contribution >= 0.6 is 0 Å². The lowest BCUT2D eigenvalue weighted by Crippen LogP contribution is -2.35. The highest BCUT2D eigenvalue weighted by molar-refractivity contribution is 7.93. The van der Waals surface area contributed by atoms with E-state index in [9.17, 15) is 8.42 Å². The number of hydrogen-bond donors (Lipinski definition) is 1. The van der Waals surface area contributed by atoms with Crippen LogP contribution in [-0.2, 0) is 21.8 Å². The fourth-order valence-corrected chi connectivity index (χ4v) is 5.01. The van der Waals surface area contributed by atoms with Gasteiger partial charge in [-0.05, 0) is 51.5 Å². The minimum Gasteiger partial charge on any atom is -0.494 e. The van der Waals surface area contributed by atoms with E-state index in [4.69, 9.17) is 14.2 Å². The molecular formula is C25H32N8O5S. The number of benzene rings is 1. The number of nitrogens with one attached hydrogen (secondary N) is 1. The van der Waals surface area contributed by atoms with E-state index in [1.54, 1.807) is 54.6 Å². The standard InChI is InChI=1S/C25H32N8O5S/c1-15(2)38-22(23-26-13-16(3)14-27-23)17(4)39(34,35)31-25-29-28-24(18-11-12-32(5)30-18)33(25)21-19(36-6)9-8-10-20(21)37-7/h8-15,17,22H,1-7H3,(H,29,31)/t17-,22+/m0/s1. The van der Waals surface area contributed by atoms with E-state index >= 15 is 0 Å². The van der Waals surface area contributed by atoms with Crippen molar-refractivity contribution in [1.82, 2.24) is 34.5 Å². The molecule has 0 bridgehead atoms. The lowest BCUT2D eigenvalue weighted by Gasteiger charge is -2.25. The van der Waals surface area contributed by atoms with Gasteiger partial charge in [-0.1, -0.05) is 6.07 Å². The molecule has 4 rings (SSSR count). The molecule has 0 saturated heterocycles. The third-order valence-electron chi connectivity index (χ3n) is 5.85. The average molecular weight is 557 g/mol. The van der Waals surface area contributed by atoms with Crippen LogP contribution in [0.3, 0.4) is 0 Å². The molecule has 0 amide bonds. The van der Waals surface area contributed by atoms with Crippen LogP contribution in [0.25, 0.3) is 17.2 Å². The van der Waals surface area contributed by atoms with E-state index in [1.807, 2.05) is 20.8 Å². The molecule has 1 aromatic carbocycles. The Balaban J connectivity index is 1.83. The van der Waals surface area contributed by atoms with E-state index < -0.39 is 21.4 Å². The van der Waals surface area contributed by atoms with Gasteiger partial charge < -0.3 is 14.2 Å². The van der Waals surface area contributed by atoms with Crippen molar-refractivity contribution in [1.29, 1.82) is 0 Å². The SMILES string of the molecule is COc1cccc(OC)c1-n1c(NS(=O)(=O)[C@@H](C)[C@@H](OC(C)C)c2ncc(C)cn2)nnc1-c1ccn(C)n1. The van der Waals surface area contributed by atoms with Crippen molar-refractivity contribution in [3.63, 3.8) is 0 Å². The second-order valence-electron chi connectivity index (χ2n) is 9.14. The summed E-state index contributed by atoms with van der Waals surface area (Å²) >= 11 is 0. The minimum absolute atomic E-state index is 0.0848. The lowest BCUT2D eigenvalue weighted by atomic mass is 10.2. The highest BCUT2D eigenvalue weighted by atomic mass is 32.2. The maximum atomic E-state index is 13.8. The van der Waals surface area contributed by atoms with Crippen molar-refractivity contribution < 1.29 is 22.6 Å². The van der Waals surface area contributed by atoms with Gasteiger partial charge in [0.25, 0.3) is 0 Å². The number of nitrogens with zero attached hydrogens (tertiary/aromatic N) is 7. The van der Waals surface area contributed by atoms with Crippen LogP contribution in [0.1, 0.15) is 38.3 Å². The quantitative estimate of drug-likeness (QED) is 0.292. The highest BCUT2D eigenvalue weighted by Crippen LogP contribution is 2.38. The molecule has 3 heterocycles. The molecule has 14 heteroatoms.